The van der Waals surface area contributed by atoms with E-state index in [1.165, 1.54) is 16.8 Å². The topological polar surface area (TPSA) is 15.3 Å². The summed E-state index contributed by atoms with van der Waals surface area (Å²) in [6.45, 7) is 8.39. The number of rotatable bonds is 5. The molecule has 2 nitrogen and oxygen atoms in total. The quantitative estimate of drug-likeness (QED) is 0.797. The second-order valence-corrected chi connectivity index (χ2v) is 8.06. The molecule has 1 N–H and O–H groups in total. The van der Waals surface area contributed by atoms with Crippen molar-refractivity contribution in [1.82, 2.24) is 5.32 Å². The van der Waals surface area contributed by atoms with Gasteiger partial charge in [0.05, 0.1) is 0 Å². The minimum Gasteiger partial charge on any atom is -0.370 e. The molecule has 1 aromatic heterocycles. The van der Waals surface area contributed by atoms with Crippen LogP contribution in [-0.4, -0.2) is 12.6 Å². The van der Waals surface area contributed by atoms with Crippen molar-refractivity contribution in [3.63, 3.8) is 0 Å². The maximum absolute atomic E-state index is 3.59. The van der Waals surface area contributed by atoms with Crippen molar-refractivity contribution in [2.24, 2.45) is 0 Å². The van der Waals surface area contributed by atoms with Crippen molar-refractivity contribution in [2.75, 3.05) is 11.9 Å². The minimum absolute atomic E-state index is 0.121. The van der Waals surface area contributed by atoms with Gasteiger partial charge in [0.1, 0.15) is 0 Å². The number of anilines is 1. The van der Waals surface area contributed by atoms with Crippen molar-refractivity contribution in [3.05, 3.63) is 50.6 Å². The fourth-order valence-electron chi connectivity index (χ4n) is 2.14. The molecular weight excluding hydrogens is 344 g/mol. The third-order valence-electron chi connectivity index (χ3n) is 3.27. The Morgan fingerprint density at radius 2 is 2.00 bits per heavy atom. The monoisotopic (exact) mass is 366 g/mol. The Bertz CT molecular complexity index is 573. The molecule has 1 heterocycles. The highest BCUT2D eigenvalue weighted by molar-refractivity contribution is 9.10. The number of thiophene rings is 1. The van der Waals surface area contributed by atoms with Crippen molar-refractivity contribution < 1.29 is 0 Å². The summed E-state index contributed by atoms with van der Waals surface area (Å²) in [5.74, 6) is 0. The fourth-order valence-corrected chi connectivity index (χ4v) is 3.15. The van der Waals surface area contributed by atoms with E-state index in [2.05, 4.69) is 89.0 Å². The Morgan fingerprint density at radius 1 is 1.24 bits per heavy atom. The minimum atomic E-state index is 0.121. The van der Waals surface area contributed by atoms with E-state index in [0.717, 1.165) is 17.6 Å². The third-order valence-corrected chi connectivity index (χ3v) is 4.49. The number of nitrogens with one attached hydrogen (secondary N) is 1. The van der Waals surface area contributed by atoms with Crippen molar-refractivity contribution >= 4 is 33.0 Å². The summed E-state index contributed by atoms with van der Waals surface area (Å²) in [7, 11) is 2.15. The first-order valence-corrected chi connectivity index (χ1v) is 8.84. The zero-order chi connectivity index (χ0) is 15.5. The maximum atomic E-state index is 3.59. The molecule has 0 saturated heterocycles. The second-order valence-electron chi connectivity index (χ2n) is 6.36. The van der Waals surface area contributed by atoms with E-state index in [9.17, 15) is 0 Å². The molecule has 0 saturated carbocycles. The lowest BCUT2D eigenvalue weighted by atomic mass is 10.1. The van der Waals surface area contributed by atoms with Gasteiger partial charge in [-0.15, -0.1) is 0 Å². The number of hydrogen-bond acceptors (Lipinski definition) is 3. The third kappa shape index (κ3) is 5.13. The highest BCUT2D eigenvalue weighted by atomic mass is 79.9. The summed E-state index contributed by atoms with van der Waals surface area (Å²) < 4.78 is 1.12. The highest BCUT2D eigenvalue weighted by Gasteiger charge is 2.13. The van der Waals surface area contributed by atoms with Gasteiger partial charge in [-0.25, -0.2) is 0 Å². The van der Waals surface area contributed by atoms with Crippen LogP contribution in [0, 0.1) is 0 Å². The maximum Gasteiger partial charge on any atom is 0.0434 e. The van der Waals surface area contributed by atoms with Gasteiger partial charge in [0.25, 0.3) is 0 Å². The molecule has 1 aromatic carbocycles. The fraction of sp³-hybridized carbons (Fsp3) is 0.412. The first-order valence-electron chi connectivity index (χ1n) is 7.11. The largest absolute Gasteiger partial charge is 0.370 e. The SMILES string of the molecule is CN(Cc1ccsc1)c1cc(Br)ccc1CNC(C)(C)C. The molecule has 21 heavy (non-hydrogen) atoms. The molecule has 0 spiro atoms. The molecule has 2 rings (SSSR count). The van der Waals surface area contributed by atoms with E-state index >= 15 is 0 Å². The summed E-state index contributed by atoms with van der Waals surface area (Å²) in [4.78, 5) is 2.31. The Morgan fingerprint density at radius 3 is 2.62 bits per heavy atom. The van der Waals surface area contributed by atoms with Crippen LogP contribution < -0.4 is 10.2 Å². The van der Waals surface area contributed by atoms with Gasteiger partial charge >= 0.3 is 0 Å². The lowest BCUT2D eigenvalue weighted by molar-refractivity contribution is 0.424. The first-order chi connectivity index (χ1) is 9.85. The number of hydrogen-bond donors (Lipinski definition) is 1. The van der Waals surface area contributed by atoms with Crippen LogP contribution in [0.4, 0.5) is 5.69 Å². The van der Waals surface area contributed by atoms with Crippen molar-refractivity contribution in [2.45, 2.75) is 39.4 Å². The molecule has 0 aliphatic carbocycles. The van der Waals surface area contributed by atoms with Crippen molar-refractivity contribution in [1.29, 1.82) is 0 Å². The first kappa shape index (κ1) is 16.5. The Balaban J connectivity index is 2.18. The van der Waals surface area contributed by atoms with Gasteiger partial charge < -0.3 is 10.2 Å². The highest BCUT2D eigenvalue weighted by Crippen LogP contribution is 2.26. The standard InChI is InChI=1S/C17H23BrN2S/c1-17(2,3)19-10-14-5-6-15(18)9-16(14)20(4)11-13-7-8-21-12-13/h5-9,12,19H,10-11H2,1-4H3. The molecule has 0 radical (unpaired) electrons. The van der Waals surface area contributed by atoms with Crippen LogP contribution in [0.3, 0.4) is 0 Å². The summed E-state index contributed by atoms with van der Waals surface area (Å²) >= 11 is 5.34. The molecule has 0 aliphatic rings. The van der Waals surface area contributed by atoms with Gasteiger partial charge in [-0.2, -0.15) is 11.3 Å². The van der Waals surface area contributed by atoms with E-state index in [1.807, 2.05) is 0 Å². The van der Waals surface area contributed by atoms with Gasteiger partial charge in [-0.05, 0) is 60.9 Å². The lowest BCUT2D eigenvalue weighted by Gasteiger charge is -2.26. The van der Waals surface area contributed by atoms with Crippen LogP contribution in [-0.2, 0) is 13.1 Å². The van der Waals surface area contributed by atoms with E-state index in [1.54, 1.807) is 11.3 Å². The molecule has 0 amide bonds. The molecule has 0 bridgehead atoms. The van der Waals surface area contributed by atoms with Crippen LogP contribution in [0.1, 0.15) is 31.9 Å². The predicted octanol–water partition coefficient (Wildman–Crippen LogP) is 5.04. The summed E-state index contributed by atoms with van der Waals surface area (Å²) in [5, 5.41) is 7.91. The Labute approximate surface area is 140 Å². The predicted molar refractivity (Wildman–Crippen MR) is 97.2 cm³/mol. The molecule has 0 atom stereocenters. The number of nitrogens with zero attached hydrogens (tertiary/aromatic N) is 1. The van der Waals surface area contributed by atoms with Gasteiger partial charge in [0.15, 0.2) is 0 Å². The molecule has 0 aliphatic heterocycles. The molecule has 0 unspecified atom stereocenters. The van der Waals surface area contributed by atoms with E-state index in [4.69, 9.17) is 0 Å². The average molecular weight is 367 g/mol. The van der Waals surface area contributed by atoms with E-state index < -0.39 is 0 Å². The van der Waals surface area contributed by atoms with Gasteiger partial charge in [-0.1, -0.05) is 22.0 Å². The van der Waals surface area contributed by atoms with Gasteiger partial charge in [-0.3, -0.25) is 0 Å². The van der Waals surface area contributed by atoms with Gasteiger partial charge in [0.2, 0.25) is 0 Å². The summed E-state index contributed by atoms with van der Waals surface area (Å²) in [5.41, 5.74) is 4.08. The smallest absolute Gasteiger partial charge is 0.0434 e. The summed E-state index contributed by atoms with van der Waals surface area (Å²) in [6, 6.07) is 8.70. The second kappa shape index (κ2) is 6.95. The number of halogens is 1. The van der Waals surface area contributed by atoms with Crippen LogP contribution >= 0.6 is 27.3 Å². The molecule has 4 heteroatoms. The van der Waals surface area contributed by atoms with Crippen LogP contribution in [0.2, 0.25) is 0 Å². The Hall–Kier alpha value is -0.840. The van der Waals surface area contributed by atoms with Crippen molar-refractivity contribution in [3.8, 4) is 0 Å². The zero-order valence-electron chi connectivity index (χ0n) is 13.1. The Kier molecular flexibility index (Phi) is 5.47. The summed E-state index contributed by atoms with van der Waals surface area (Å²) in [6.07, 6.45) is 0. The normalized spacial score (nSPS) is 11.7. The van der Waals surface area contributed by atoms with E-state index in [-0.39, 0.29) is 5.54 Å². The average Bonchev–Trinajstić information content (AvgIpc) is 2.89. The molecule has 2 aromatic rings. The van der Waals surface area contributed by atoms with Crippen LogP contribution in [0.5, 0.6) is 0 Å². The van der Waals surface area contributed by atoms with Gasteiger partial charge in [0, 0.05) is 35.8 Å². The molecule has 0 fully saturated rings. The lowest BCUT2D eigenvalue weighted by Crippen LogP contribution is -2.35. The molecular formula is C17H23BrN2S. The zero-order valence-corrected chi connectivity index (χ0v) is 15.5. The van der Waals surface area contributed by atoms with E-state index in [0.29, 0.717) is 0 Å². The van der Waals surface area contributed by atoms with Crippen LogP contribution in [0.15, 0.2) is 39.5 Å². The molecule has 114 valence electrons. The number of benzene rings is 1. The van der Waals surface area contributed by atoms with Crippen LogP contribution in [0.25, 0.3) is 0 Å².